The number of hydrogen-bond acceptors (Lipinski definition) is 1. The Bertz CT molecular complexity index is 185. The maximum absolute atomic E-state index is 3.57. The van der Waals surface area contributed by atoms with Gasteiger partial charge in [-0.05, 0) is 18.7 Å². The lowest BCUT2D eigenvalue weighted by molar-refractivity contribution is 1.08. The van der Waals surface area contributed by atoms with E-state index >= 15 is 0 Å². The molecule has 0 fully saturated rings. The molecule has 0 aromatic carbocycles. The Balaban J connectivity index is 3.82. The minimum atomic E-state index is 1.20. The second kappa shape index (κ2) is 6.87. The molecule has 0 unspecified atom stereocenters. The highest BCUT2D eigenvalue weighted by Gasteiger charge is 1.74. The van der Waals surface area contributed by atoms with Gasteiger partial charge in [-0.1, -0.05) is 37.0 Å². The van der Waals surface area contributed by atoms with E-state index in [9.17, 15) is 0 Å². The van der Waals surface area contributed by atoms with Crippen LogP contribution in [0.1, 0.15) is 6.92 Å². The fraction of sp³-hybridized carbons (Fsp3) is 0.200. The maximum Gasteiger partial charge on any atom is 0.00277 e. The van der Waals surface area contributed by atoms with Crippen molar-refractivity contribution in [2.75, 3.05) is 7.05 Å². The summed E-state index contributed by atoms with van der Waals surface area (Å²) in [5, 5.41) is 2.95. The highest BCUT2D eigenvalue weighted by Crippen LogP contribution is 1.92. The van der Waals surface area contributed by atoms with Gasteiger partial charge in [0.25, 0.3) is 0 Å². The van der Waals surface area contributed by atoms with Crippen molar-refractivity contribution in [2.24, 2.45) is 0 Å². The van der Waals surface area contributed by atoms with Gasteiger partial charge in [0.15, 0.2) is 0 Å². The van der Waals surface area contributed by atoms with Crippen LogP contribution in [0.25, 0.3) is 0 Å². The van der Waals surface area contributed by atoms with Gasteiger partial charge in [0.05, 0.1) is 0 Å². The Morgan fingerprint density at radius 1 is 1.27 bits per heavy atom. The second-order valence-corrected chi connectivity index (χ2v) is 2.16. The molecule has 0 rings (SSSR count). The molecule has 0 bridgehead atoms. The average molecular weight is 149 g/mol. The largest absolute Gasteiger partial charge is 0.394 e. The lowest BCUT2D eigenvalue weighted by Gasteiger charge is -1.89. The summed E-state index contributed by atoms with van der Waals surface area (Å²) in [5.74, 6) is 0. The van der Waals surface area contributed by atoms with Gasteiger partial charge in [-0.2, -0.15) is 0 Å². The first-order valence-corrected chi connectivity index (χ1v) is 3.61. The minimum Gasteiger partial charge on any atom is -0.394 e. The van der Waals surface area contributed by atoms with Gasteiger partial charge in [-0.15, -0.1) is 0 Å². The second-order valence-electron chi connectivity index (χ2n) is 2.16. The molecule has 0 atom stereocenters. The van der Waals surface area contributed by atoms with E-state index in [0.717, 1.165) is 0 Å². The molecule has 0 heterocycles. The van der Waals surface area contributed by atoms with Crippen molar-refractivity contribution in [3.8, 4) is 0 Å². The molecule has 0 spiro atoms. The topological polar surface area (TPSA) is 12.0 Å². The molecule has 60 valence electrons. The minimum absolute atomic E-state index is 1.20. The van der Waals surface area contributed by atoms with E-state index in [1.54, 1.807) is 6.08 Å². The maximum atomic E-state index is 3.57. The van der Waals surface area contributed by atoms with Crippen molar-refractivity contribution in [1.29, 1.82) is 0 Å². The highest BCUT2D eigenvalue weighted by atomic mass is 14.8. The van der Waals surface area contributed by atoms with E-state index in [1.807, 2.05) is 44.5 Å². The Labute approximate surface area is 68.8 Å². The monoisotopic (exact) mass is 149 g/mol. The summed E-state index contributed by atoms with van der Waals surface area (Å²) in [6.45, 7) is 5.60. The van der Waals surface area contributed by atoms with Gasteiger partial charge in [0, 0.05) is 7.05 Å². The van der Waals surface area contributed by atoms with Crippen molar-refractivity contribution in [3.63, 3.8) is 0 Å². The van der Waals surface area contributed by atoms with Crippen LogP contribution in [-0.2, 0) is 0 Å². The van der Waals surface area contributed by atoms with Crippen LogP contribution in [0.4, 0.5) is 0 Å². The SMILES string of the molecule is C=C/C=C/C=C\C(C)=C\NC. The van der Waals surface area contributed by atoms with E-state index < -0.39 is 0 Å². The first-order chi connectivity index (χ1) is 5.31. The molecule has 0 aromatic rings. The summed E-state index contributed by atoms with van der Waals surface area (Å²) in [4.78, 5) is 0. The van der Waals surface area contributed by atoms with Gasteiger partial charge in [-0.25, -0.2) is 0 Å². The Morgan fingerprint density at radius 3 is 2.55 bits per heavy atom. The molecule has 0 amide bonds. The van der Waals surface area contributed by atoms with Crippen LogP contribution in [0.15, 0.2) is 48.7 Å². The van der Waals surface area contributed by atoms with Gasteiger partial charge in [0.2, 0.25) is 0 Å². The molecule has 0 aromatic heterocycles. The molecule has 1 N–H and O–H groups in total. The van der Waals surface area contributed by atoms with Crippen LogP contribution in [0.5, 0.6) is 0 Å². The number of allylic oxidation sites excluding steroid dienone is 6. The van der Waals surface area contributed by atoms with E-state index in [-0.39, 0.29) is 0 Å². The molecule has 1 heteroatoms. The summed E-state index contributed by atoms with van der Waals surface area (Å²) in [6, 6.07) is 0. The van der Waals surface area contributed by atoms with E-state index in [1.165, 1.54) is 5.57 Å². The molecule has 0 radical (unpaired) electrons. The van der Waals surface area contributed by atoms with Gasteiger partial charge in [0.1, 0.15) is 0 Å². The fourth-order valence-corrected chi connectivity index (χ4v) is 0.626. The third kappa shape index (κ3) is 6.65. The fourth-order valence-electron chi connectivity index (χ4n) is 0.626. The molecule has 11 heavy (non-hydrogen) atoms. The van der Waals surface area contributed by atoms with Gasteiger partial charge >= 0.3 is 0 Å². The van der Waals surface area contributed by atoms with Crippen LogP contribution in [0.2, 0.25) is 0 Å². The smallest absolute Gasteiger partial charge is 0.00277 e. The van der Waals surface area contributed by atoms with E-state index in [4.69, 9.17) is 0 Å². The highest BCUT2D eigenvalue weighted by molar-refractivity contribution is 5.20. The van der Waals surface area contributed by atoms with Crippen LogP contribution < -0.4 is 5.32 Å². The van der Waals surface area contributed by atoms with Crippen molar-refractivity contribution < 1.29 is 0 Å². The third-order valence-corrected chi connectivity index (χ3v) is 1.09. The number of rotatable bonds is 4. The quantitative estimate of drug-likeness (QED) is 0.605. The predicted octanol–water partition coefficient (Wildman–Crippen LogP) is 2.41. The van der Waals surface area contributed by atoms with Crippen LogP contribution in [0, 0.1) is 0 Å². The van der Waals surface area contributed by atoms with Crippen LogP contribution in [-0.4, -0.2) is 7.05 Å². The Kier molecular flexibility index (Phi) is 6.10. The standard InChI is InChI=1S/C10H15N/c1-4-5-6-7-8-10(2)9-11-3/h4-9,11H,1H2,2-3H3/b6-5+,8-7-,10-9+. The van der Waals surface area contributed by atoms with Crippen molar-refractivity contribution in [3.05, 3.63) is 48.7 Å². The normalized spacial score (nSPS) is 12.7. The molecule has 0 saturated carbocycles. The summed E-state index contributed by atoms with van der Waals surface area (Å²) in [6.07, 6.45) is 11.5. The molecule has 0 aliphatic heterocycles. The zero-order valence-corrected chi connectivity index (χ0v) is 7.17. The first-order valence-electron chi connectivity index (χ1n) is 3.61. The molecular formula is C10H15N. The van der Waals surface area contributed by atoms with Crippen molar-refractivity contribution in [1.82, 2.24) is 5.32 Å². The van der Waals surface area contributed by atoms with Gasteiger partial charge in [-0.3, -0.25) is 0 Å². The number of nitrogens with one attached hydrogen (secondary N) is 1. The summed E-state index contributed by atoms with van der Waals surface area (Å²) in [7, 11) is 1.89. The first kappa shape index (κ1) is 9.76. The third-order valence-electron chi connectivity index (χ3n) is 1.09. The van der Waals surface area contributed by atoms with Gasteiger partial charge < -0.3 is 5.32 Å². The van der Waals surface area contributed by atoms with Crippen LogP contribution in [0.3, 0.4) is 0 Å². The zero-order valence-electron chi connectivity index (χ0n) is 7.17. The molecule has 0 aliphatic rings. The lowest BCUT2D eigenvalue weighted by Crippen LogP contribution is -1.92. The zero-order chi connectivity index (χ0) is 8.53. The summed E-state index contributed by atoms with van der Waals surface area (Å²) in [5.41, 5.74) is 1.20. The van der Waals surface area contributed by atoms with E-state index in [0.29, 0.717) is 0 Å². The Hall–Kier alpha value is -1.24. The van der Waals surface area contributed by atoms with Crippen LogP contribution >= 0.6 is 0 Å². The average Bonchev–Trinajstić information content (AvgIpc) is 1.99. The van der Waals surface area contributed by atoms with E-state index in [2.05, 4.69) is 11.9 Å². The number of hydrogen-bond donors (Lipinski definition) is 1. The molecule has 0 saturated heterocycles. The lowest BCUT2D eigenvalue weighted by atomic mass is 10.3. The predicted molar refractivity (Wildman–Crippen MR) is 51.3 cm³/mol. The Morgan fingerprint density at radius 2 is 2.00 bits per heavy atom. The molecule has 0 aliphatic carbocycles. The summed E-state index contributed by atoms with van der Waals surface area (Å²) < 4.78 is 0. The molecule has 1 nitrogen and oxygen atoms in total. The van der Waals surface area contributed by atoms with Crippen molar-refractivity contribution in [2.45, 2.75) is 6.92 Å². The summed E-state index contributed by atoms with van der Waals surface area (Å²) >= 11 is 0. The van der Waals surface area contributed by atoms with Crippen molar-refractivity contribution >= 4 is 0 Å². The molecular weight excluding hydrogens is 134 g/mol.